The Bertz CT molecular complexity index is 662. The number of aromatic nitrogens is 2. The number of hydrogen-bond donors (Lipinski definition) is 2. The van der Waals surface area contributed by atoms with Gasteiger partial charge in [-0.05, 0) is 24.8 Å². The highest BCUT2D eigenvalue weighted by atomic mass is 16.3. The zero-order chi connectivity index (χ0) is 16.3. The molecule has 122 valence electrons. The van der Waals surface area contributed by atoms with Gasteiger partial charge in [0, 0.05) is 25.4 Å². The van der Waals surface area contributed by atoms with Crippen LogP contribution in [0.25, 0.3) is 0 Å². The Balaban J connectivity index is 1.59. The van der Waals surface area contributed by atoms with Crippen LogP contribution < -0.4 is 5.32 Å². The third kappa shape index (κ3) is 3.45. The normalized spacial score (nSPS) is 17.3. The number of hydrogen-bond acceptors (Lipinski definition) is 3. The van der Waals surface area contributed by atoms with E-state index in [1.165, 1.54) is 5.56 Å². The fourth-order valence-corrected chi connectivity index (χ4v) is 3.18. The maximum Gasteiger partial charge on any atom is 0.226 e. The zero-order valence-electron chi connectivity index (χ0n) is 13.4. The molecule has 3 rings (SSSR count). The number of aryl methyl sites for hydroxylation is 1. The average Bonchev–Trinajstić information content (AvgIpc) is 2.96. The fraction of sp³-hybridized carbons (Fsp3) is 0.444. The smallest absolute Gasteiger partial charge is 0.226 e. The van der Waals surface area contributed by atoms with Gasteiger partial charge in [-0.1, -0.05) is 36.8 Å². The Hall–Kier alpha value is -2.14. The zero-order valence-corrected chi connectivity index (χ0v) is 13.4. The first-order chi connectivity index (χ1) is 11.1. The van der Waals surface area contributed by atoms with Crippen LogP contribution in [0.5, 0.6) is 0 Å². The summed E-state index contributed by atoms with van der Waals surface area (Å²) in [5.41, 5.74) is 1.60. The second kappa shape index (κ2) is 6.54. The molecule has 5 heteroatoms. The molecule has 1 heterocycles. The summed E-state index contributed by atoms with van der Waals surface area (Å²) in [6.07, 6.45) is 6.35. The van der Waals surface area contributed by atoms with Crippen LogP contribution in [0.2, 0.25) is 0 Å². The molecule has 23 heavy (non-hydrogen) atoms. The molecule has 5 nitrogen and oxygen atoms in total. The number of rotatable bonds is 6. The van der Waals surface area contributed by atoms with Gasteiger partial charge >= 0.3 is 0 Å². The lowest BCUT2D eigenvalue weighted by atomic mass is 9.64. The van der Waals surface area contributed by atoms with Gasteiger partial charge in [0.2, 0.25) is 5.91 Å². The third-order valence-electron chi connectivity index (χ3n) is 4.74. The van der Waals surface area contributed by atoms with Gasteiger partial charge in [0.1, 0.15) is 0 Å². The van der Waals surface area contributed by atoms with Gasteiger partial charge in [0.25, 0.3) is 0 Å². The molecule has 0 aliphatic heterocycles. The Morgan fingerprint density at radius 1 is 1.39 bits per heavy atom. The Labute approximate surface area is 136 Å². The monoisotopic (exact) mass is 313 g/mol. The van der Waals surface area contributed by atoms with E-state index in [2.05, 4.69) is 22.5 Å². The Kier molecular flexibility index (Phi) is 4.48. The van der Waals surface area contributed by atoms with E-state index in [0.717, 1.165) is 31.2 Å². The van der Waals surface area contributed by atoms with E-state index in [-0.39, 0.29) is 17.9 Å². The SMILES string of the molecule is Cn1cc([C@H](O)CNC(=O)C2(Cc3ccccc3)CCC2)cn1. The summed E-state index contributed by atoms with van der Waals surface area (Å²) in [4.78, 5) is 12.6. The number of amides is 1. The molecule has 1 aromatic heterocycles. The summed E-state index contributed by atoms with van der Waals surface area (Å²) in [7, 11) is 1.80. The van der Waals surface area contributed by atoms with Crippen LogP contribution in [0.15, 0.2) is 42.7 Å². The number of carbonyl (C=O) groups is 1. The van der Waals surface area contributed by atoms with Gasteiger partial charge in [-0.25, -0.2) is 0 Å². The minimum absolute atomic E-state index is 0.0514. The standard InChI is InChI=1S/C18H23N3O2/c1-21-13-15(11-20-21)16(22)12-19-17(23)18(8-5-9-18)10-14-6-3-2-4-7-14/h2-4,6-7,11,13,16,22H,5,8-10,12H2,1H3,(H,19,23)/t16-/m1/s1. The van der Waals surface area contributed by atoms with Gasteiger partial charge in [-0.15, -0.1) is 0 Å². The summed E-state index contributed by atoms with van der Waals surface area (Å²) in [5.74, 6) is 0.0514. The molecule has 1 aromatic carbocycles. The molecule has 2 aromatic rings. The highest BCUT2D eigenvalue weighted by molar-refractivity contribution is 5.83. The molecule has 1 aliphatic carbocycles. The molecular weight excluding hydrogens is 290 g/mol. The van der Waals surface area contributed by atoms with Crippen molar-refractivity contribution in [3.8, 4) is 0 Å². The average molecular weight is 313 g/mol. The molecule has 1 amide bonds. The minimum atomic E-state index is -0.721. The Morgan fingerprint density at radius 3 is 2.70 bits per heavy atom. The lowest BCUT2D eigenvalue weighted by Gasteiger charge is -2.40. The van der Waals surface area contributed by atoms with E-state index in [9.17, 15) is 9.90 Å². The van der Waals surface area contributed by atoms with E-state index < -0.39 is 6.10 Å². The van der Waals surface area contributed by atoms with Gasteiger partial charge in [-0.3, -0.25) is 9.48 Å². The largest absolute Gasteiger partial charge is 0.386 e. The second-order valence-electron chi connectivity index (χ2n) is 6.47. The topological polar surface area (TPSA) is 67.2 Å². The van der Waals surface area contributed by atoms with Crippen LogP contribution in [0.4, 0.5) is 0 Å². The van der Waals surface area contributed by atoms with Gasteiger partial charge in [-0.2, -0.15) is 5.10 Å². The van der Waals surface area contributed by atoms with Gasteiger partial charge < -0.3 is 10.4 Å². The van der Waals surface area contributed by atoms with Crippen molar-refractivity contribution < 1.29 is 9.90 Å². The lowest BCUT2D eigenvalue weighted by Crippen LogP contribution is -2.48. The van der Waals surface area contributed by atoms with Crippen molar-refractivity contribution in [3.05, 3.63) is 53.9 Å². The van der Waals surface area contributed by atoms with Crippen molar-refractivity contribution >= 4 is 5.91 Å². The molecule has 2 N–H and O–H groups in total. The summed E-state index contributed by atoms with van der Waals surface area (Å²) in [6, 6.07) is 10.1. The number of nitrogens with one attached hydrogen (secondary N) is 1. The molecular formula is C18H23N3O2. The molecule has 1 aliphatic rings. The summed E-state index contributed by atoms with van der Waals surface area (Å²) in [5, 5.41) is 17.1. The van der Waals surface area contributed by atoms with E-state index in [1.807, 2.05) is 18.2 Å². The predicted octanol–water partition coefficient (Wildman–Crippen LogP) is 1.98. The number of carbonyl (C=O) groups excluding carboxylic acids is 1. The highest BCUT2D eigenvalue weighted by Gasteiger charge is 2.43. The number of aliphatic hydroxyl groups excluding tert-OH is 1. The van der Waals surface area contributed by atoms with Crippen molar-refractivity contribution in [1.29, 1.82) is 0 Å². The van der Waals surface area contributed by atoms with Crippen LogP contribution in [0, 0.1) is 5.41 Å². The summed E-state index contributed by atoms with van der Waals surface area (Å²) in [6.45, 7) is 0.223. The summed E-state index contributed by atoms with van der Waals surface area (Å²) >= 11 is 0. The van der Waals surface area contributed by atoms with Crippen molar-refractivity contribution in [2.75, 3.05) is 6.54 Å². The van der Waals surface area contributed by atoms with E-state index >= 15 is 0 Å². The molecule has 0 bridgehead atoms. The number of nitrogens with zero attached hydrogens (tertiary/aromatic N) is 2. The molecule has 0 unspecified atom stereocenters. The van der Waals surface area contributed by atoms with Crippen LogP contribution in [0.1, 0.15) is 36.5 Å². The van der Waals surface area contributed by atoms with E-state index in [0.29, 0.717) is 0 Å². The van der Waals surface area contributed by atoms with Gasteiger partial charge in [0.05, 0.1) is 17.7 Å². The number of aliphatic hydroxyl groups is 1. The Morgan fingerprint density at radius 2 is 2.13 bits per heavy atom. The summed E-state index contributed by atoms with van der Waals surface area (Å²) < 4.78 is 1.64. The molecule has 0 radical (unpaired) electrons. The maximum absolute atomic E-state index is 12.6. The van der Waals surface area contributed by atoms with Gasteiger partial charge in [0.15, 0.2) is 0 Å². The number of benzene rings is 1. The molecule has 0 saturated heterocycles. The second-order valence-corrected chi connectivity index (χ2v) is 6.47. The first-order valence-electron chi connectivity index (χ1n) is 8.08. The van der Waals surface area contributed by atoms with Crippen molar-refractivity contribution in [3.63, 3.8) is 0 Å². The van der Waals surface area contributed by atoms with E-state index in [1.54, 1.807) is 24.1 Å². The minimum Gasteiger partial charge on any atom is -0.386 e. The van der Waals surface area contributed by atoms with Crippen LogP contribution in [-0.2, 0) is 18.3 Å². The van der Waals surface area contributed by atoms with E-state index in [4.69, 9.17) is 0 Å². The van der Waals surface area contributed by atoms with Crippen LogP contribution >= 0.6 is 0 Å². The van der Waals surface area contributed by atoms with Crippen molar-refractivity contribution in [2.45, 2.75) is 31.8 Å². The van der Waals surface area contributed by atoms with Crippen LogP contribution in [-0.4, -0.2) is 27.3 Å². The molecule has 1 saturated carbocycles. The fourth-order valence-electron chi connectivity index (χ4n) is 3.18. The molecule has 1 fully saturated rings. The predicted molar refractivity (Wildman–Crippen MR) is 87.6 cm³/mol. The first kappa shape index (κ1) is 15.7. The quantitative estimate of drug-likeness (QED) is 0.857. The van der Waals surface area contributed by atoms with Crippen LogP contribution in [0.3, 0.4) is 0 Å². The third-order valence-corrected chi connectivity index (χ3v) is 4.74. The molecule has 1 atom stereocenters. The maximum atomic E-state index is 12.6. The molecule has 0 spiro atoms. The van der Waals surface area contributed by atoms with Crippen molar-refractivity contribution in [1.82, 2.24) is 15.1 Å². The first-order valence-corrected chi connectivity index (χ1v) is 8.08. The van der Waals surface area contributed by atoms with Crippen molar-refractivity contribution in [2.24, 2.45) is 12.5 Å². The lowest BCUT2D eigenvalue weighted by molar-refractivity contribution is -0.136. The highest BCUT2D eigenvalue weighted by Crippen LogP contribution is 2.44.